The third-order valence-corrected chi connectivity index (χ3v) is 4.08. The van der Waals surface area contributed by atoms with E-state index in [-0.39, 0.29) is 46.3 Å². The number of hydrogen-bond donors (Lipinski definition) is 2. The lowest BCUT2D eigenvalue weighted by Gasteiger charge is -2.18. The second-order valence-electron chi connectivity index (χ2n) is 5.66. The first-order chi connectivity index (χ1) is 13.3. The summed E-state index contributed by atoms with van der Waals surface area (Å²) in [7, 11) is 0. The molecule has 0 radical (unpaired) electrons. The minimum absolute atomic E-state index is 0.0481. The highest BCUT2D eigenvalue weighted by Crippen LogP contribution is 2.36. The average molecular weight is 408 g/mol. The first-order valence-electron chi connectivity index (χ1n) is 8.26. The van der Waals surface area contributed by atoms with Crippen molar-refractivity contribution in [2.24, 2.45) is 0 Å². The van der Waals surface area contributed by atoms with Crippen LogP contribution in [-0.4, -0.2) is 46.3 Å². The molecule has 0 spiro atoms. The Morgan fingerprint density at radius 2 is 1.82 bits per heavy atom. The van der Waals surface area contributed by atoms with E-state index in [4.69, 9.17) is 26.2 Å². The number of aromatic carboxylic acids is 1. The van der Waals surface area contributed by atoms with E-state index in [0.717, 1.165) is 0 Å². The van der Waals surface area contributed by atoms with Gasteiger partial charge in [-0.05, 0) is 19.9 Å². The molecule has 1 aromatic heterocycles. The van der Waals surface area contributed by atoms with Crippen molar-refractivity contribution in [3.05, 3.63) is 51.8 Å². The highest BCUT2D eigenvalue weighted by Gasteiger charge is 2.29. The van der Waals surface area contributed by atoms with Crippen LogP contribution < -0.4 is 0 Å². The van der Waals surface area contributed by atoms with Crippen molar-refractivity contribution in [1.29, 1.82) is 0 Å². The summed E-state index contributed by atoms with van der Waals surface area (Å²) < 4.78 is 10.2. The van der Waals surface area contributed by atoms with Crippen molar-refractivity contribution in [2.75, 3.05) is 13.2 Å². The summed E-state index contributed by atoms with van der Waals surface area (Å²) in [6.45, 7) is 2.20. The van der Waals surface area contributed by atoms with Gasteiger partial charge in [0.05, 0.1) is 35.7 Å². The predicted octanol–water partition coefficient (Wildman–Crippen LogP) is 3.19. The number of carboxylic acid groups (broad SMARTS) is 2. The third-order valence-electron chi connectivity index (χ3n) is 3.75. The maximum Gasteiger partial charge on any atom is 0.340 e. The van der Waals surface area contributed by atoms with Crippen molar-refractivity contribution in [3.8, 4) is 11.1 Å². The zero-order valence-electron chi connectivity index (χ0n) is 15.2. The van der Waals surface area contributed by atoms with Gasteiger partial charge in [0.15, 0.2) is 0 Å². The maximum absolute atomic E-state index is 12.7. The molecule has 0 unspecified atom stereocenters. The Morgan fingerprint density at radius 1 is 1.14 bits per heavy atom. The number of halogens is 1. The van der Waals surface area contributed by atoms with Gasteiger partial charge in [0.2, 0.25) is 0 Å². The molecule has 2 aromatic rings. The van der Waals surface area contributed by atoms with Gasteiger partial charge in [0.25, 0.3) is 0 Å². The molecular formula is C19H18ClNO7. The van der Waals surface area contributed by atoms with E-state index >= 15 is 0 Å². The predicted molar refractivity (Wildman–Crippen MR) is 99.6 cm³/mol. The molecule has 9 heteroatoms. The number of pyridine rings is 1. The van der Waals surface area contributed by atoms with E-state index < -0.39 is 24.5 Å². The Morgan fingerprint density at radius 3 is 2.39 bits per heavy atom. The van der Waals surface area contributed by atoms with Crippen LogP contribution in [0.25, 0.3) is 11.1 Å². The number of esters is 1. The zero-order chi connectivity index (χ0) is 20.8. The number of ether oxygens (including phenoxy) is 2. The van der Waals surface area contributed by atoms with Crippen LogP contribution in [0.15, 0.2) is 24.3 Å². The van der Waals surface area contributed by atoms with Crippen molar-refractivity contribution >= 4 is 29.5 Å². The molecule has 2 rings (SSSR count). The summed E-state index contributed by atoms with van der Waals surface area (Å²) >= 11 is 6.27. The summed E-state index contributed by atoms with van der Waals surface area (Å²) in [5, 5.41) is 18.7. The number of carboxylic acids is 2. The van der Waals surface area contributed by atoms with Crippen LogP contribution in [0.4, 0.5) is 0 Å². The largest absolute Gasteiger partial charge is 0.480 e. The van der Waals surface area contributed by atoms with Crippen LogP contribution in [0.2, 0.25) is 5.02 Å². The zero-order valence-corrected chi connectivity index (χ0v) is 15.9. The molecule has 0 aliphatic heterocycles. The first kappa shape index (κ1) is 21.3. The highest BCUT2D eigenvalue weighted by molar-refractivity contribution is 6.34. The molecule has 0 atom stereocenters. The SMILES string of the molecule is CCOC(=O)c1c(COCC(=O)O)nc(C)c(C(=O)O)c1-c1ccccc1Cl. The molecule has 148 valence electrons. The Balaban J connectivity index is 2.81. The Kier molecular flexibility index (Phi) is 7.08. The molecule has 0 saturated heterocycles. The number of aromatic nitrogens is 1. The quantitative estimate of drug-likeness (QED) is 0.639. The van der Waals surface area contributed by atoms with E-state index in [2.05, 4.69) is 4.98 Å². The van der Waals surface area contributed by atoms with Gasteiger partial charge < -0.3 is 19.7 Å². The number of carbonyl (C=O) groups excluding carboxylic acids is 1. The molecule has 0 aliphatic carbocycles. The summed E-state index contributed by atoms with van der Waals surface area (Å²) in [5.74, 6) is -3.28. The van der Waals surface area contributed by atoms with Crippen LogP contribution in [0, 0.1) is 6.92 Å². The summed E-state index contributed by atoms with van der Waals surface area (Å²) in [6, 6.07) is 6.46. The molecule has 2 N–H and O–H groups in total. The van der Waals surface area contributed by atoms with Gasteiger partial charge in [-0.25, -0.2) is 14.4 Å². The Bertz CT molecular complexity index is 927. The lowest BCUT2D eigenvalue weighted by atomic mass is 9.92. The number of carbonyl (C=O) groups is 3. The highest BCUT2D eigenvalue weighted by atomic mass is 35.5. The molecule has 8 nitrogen and oxygen atoms in total. The van der Waals surface area contributed by atoms with Gasteiger partial charge in [0.1, 0.15) is 6.61 Å². The lowest BCUT2D eigenvalue weighted by molar-refractivity contribution is -0.142. The van der Waals surface area contributed by atoms with E-state index in [1.165, 1.54) is 6.92 Å². The maximum atomic E-state index is 12.7. The van der Waals surface area contributed by atoms with Crippen molar-refractivity contribution in [1.82, 2.24) is 4.98 Å². The molecule has 0 bridgehead atoms. The number of aliphatic carboxylic acids is 1. The van der Waals surface area contributed by atoms with Gasteiger partial charge in [-0.2, -0.15) is 0 Å². The number of nitrogens with zero attached hydrogens (tertiary/aromatic N) is 1. The molecule has 28 heavy (non-hydrogen) atoms. The minimum Gasteiger partial charge on any atom is -0.480 e. The fraction of sp³-hybridized carbons (Fsp3) is 0.263. The van der Waals surface area contributed by atoms with Gasteiger partial charge in [0, 0.05) is 16.1 Å². The van der Waals surface area contributed by atoms with Crippen molar-refractivity contribution in [2.45, 2.75) is 20.5 Å². The van der Waals surface area contributed by atoms with Crippen molar-refractivity contribution in [3.63, 3.8) is 0 Å². The number of benzene rings is 1. The van der Waals surface area contributed by atoms with Gasteiger partial charge in [-0.3, -0.25) is 4.98 Å². The molecular weight excluding hydrogens is 390 g/mol. The molecule has 1 aromatic carbocycles. The van der Waals surface area contributed by atoms with E-state index in [9.17, 15) is 19.5 Å². The van der Waals surface area contributed by atoms with Crippen LogP contribution in [0.1, 0.15) is 39.0 Å². The van der Waals surface area contributed by atoms with E-state index in [1.54, 1.807) is 31.2 Å². The molecule has 0 amide bonds. The number of aryl methyl sites for hydroxylation is 1. The van der Waals surface area contributed by atoms with Crippen LogP contribution >= 0.6 is 11.6 Å². The molecule has 0 fully saturated rings. The second kappa shape index (κ2) is 9.29. The minimum atomic E-state index is -1.29. The Hall–Kier alpha value is -2.97. The summed E-state index contributed by atoms with van der Waals surface area (Å²) in [4.78, 5) is 39.5. The third kappa shape index (κ3) is 4.65. The normalized spacial score (nSPS) is 10.5. The Labute approximate surface area is 165 Å². The van der Waals surface area contributed by atoms with Crippen LogP contribution in [0.3, 0.4) is 0 Å². The standard InChI is InChI=1S/C19H18ClNO7/c1-3-28-19(26)17-13(8-27-9-14(22)23)21-10(2)15(18(24)25)16(17)11-6-4-5-7-12(11)20/h4-7H,3,8-9H2,1-2H3,(H,22,23)(H,24,25). The fourth-order valence-electron chi connectivity index (χ4n) is 2.72. The number of rotatable bonds is 8. The van der Waals surface area contributed by atoms with Gasteiger partial charge in [-0.15, -0.1) is 0 Å². The monoisotopic (exact) mass is 407 g/mol. The molecule has 0 aliphatic rings. The van der Waals surface area contributed by atoms with Gasteiger partial charge >= 0.3 is 17.9 Å². The fourth-order valence-corrected chi connectivity index (χ4v) is 2.95. The van der Waals surface area contributed by atoms with E-state index in [1.807, 2.05) is 0 Å². The smallest absolute Gasteiger partial charge is 0.340 e. The lowest BCUT2D eigenvalue weighted by Crippen LogP contribution is -2.19. The van der Waals surface area contributed by atoms with Crippen LogP contribution in [-0.2, 0) is 20.9 Å². The van der Waals surface area contributed by atoms with E-state index in [0.29, 0.717) is 5.56 Å². The molecule has 0 saturated carbocycles. The molecule has 1 heterocycles. The second-order valence-corrected chi connectivity index (χ2v) is 6.07. The summed E-state index contributed by atoms with van der Waals surface area (Å²) in [5.41, 5.74) is 0.246. The first-order valence-corrected chi connectivity index (χ1v) is 8.64. The van der Waals surface area contributed by atoms with Crippen LogP contribution in [0.5, 0.6) is 0 Å². The summed E-state index contributed by atoms with van der Waals surface area (Å²) in [6.07, 6.45) is 0. The van der Waals surface area contributed by atoms with Gasteiger partial charge in [-0.1, -0.05) is 29.8 Å². The topological polar surface area (TPSA) is 123 Å². The number of hydrogen-bond acceptors (Lipinski definition) is 6. The van der Waals surface area contributed by atoms with Crippen molar-refractivity contribution < 1.29 is 34.1 Å². The average Bonchev–Trinajstić information content (AvgIpc) is 2.61.